The Kier molecular flexibility index (Phi) is 5.45. The lowest BCUT2D eigenvalue weighted by Gasteiger charge is -2.40. The number of methoxy groups -OCH3 is 1. The number of nitrogens with zero attached hydrogens (tertiary/aromatic N) is 1. The summed E-state index contributed by atoms with van der Waals surface area (Å²) in [5.41, 5.74) is 5.00. The van der Waals surface area contributed by atoms with Crippen molar-refractivity contribution in [3.8, 4) is 16.9 Å². The van der Waals surface area contributed by atoms with Gasteiger partial charge >= 0.3 is 0 Å². The zero-order chi connectivity index (χ0) is 21.1. The summed E-state index contributed by atoms with van der Waals surface area (Å²) in [6, 6.07) is 18.8. The van der Waals surface area contributed by atoms with Gasteiger partial charge in [-0.25, -0.2) is 0 Å². The van der Waals surface area contributed by atoms with Crippen LogP contribution >= 0.6 is 0 Å². The molecule has 0 aliphatic carbocycles. The molecule has 1 fully saturated rings. The van der Waals surface area contributed by atoms with E-state index in [1.165, 1.54) is 18.4 Å². The zero-order valence-corrected chi connectivity index (χ0v) is 17.7. The second-order valence-corrected chi connectivity index (χ2v) is 8.02. The number of nitrogens with one attached hydrogen (secondary N) is 2. The summed E-state index contributed by atoms with van der Waals surface area (Å²) >= 11 is 0. The van der Waals surface area contributed by atoms with Gasteiger partial charge in [0, 0.05) is 29.9 Å². The van der Waals surface area contributed by atoms with Crippen molar-refractivity contribution in [2.24, 2.45) is 0 Å². The normalized spacial score (nSPS) is 18.9. The molecule has 31 heavy (non-hydrogen) atoms. The Morgan fingerprint density at radius 2 is 1.94 bits per heavy atom. The van der Waals surface area contributed by atoms with Crippen LogP contribution in [0.5, 0.6) is 5.75 Å². The fraction of sp³-hybridized carbons (Fsp3) is 0.269. The van der Waals surface area contributed by atoms with E-state index in [2.05, 4.69) is 52.0 Å². The Labute approximate surface area is 182 Å². The van der Waals surface area contributed by atoms with Crippen molar-refractivity contribution < 1.29 is 9.15 Å². The van der Waals surface area contributed by atoms with E-state index in [0.29, 0.717) is 6.54 Å². The first-order valence-corrected chi connectivity index (χ1v) is 10.8. The smallest absolute Gasteiger partial charge is 0.142 e. The summed E-state index contributed by atoms with van der Waals surface area (Å²) in [4.78, 5) is 4.16. The fourth-order valence-electron chi connectivity index (χ4n) is 4.67. The standard InChI is InChI=1S/C26H27N3O2/c1-30-25-22(19-9-14-27-15-10-19)17-20-11-16-31-24(20)23(25)18-29-26(12-5-6-13-28-26)21-7-3-2-4-8-21/h2-4,7-11,14-17,28-29H,5-6,12-13,18H2,1H3/t26-/m0/s1. The highest BCUT2D eigenvalue weighted by Crippen LogP contribution is 2.39. The van der Waals surface area contributed by atoms with Gasteiger partial charge in [-0.3, -0.25) is 15.6 Å². The first-order valence-electron chi connectivity index (χ1n) is 10.8. The molecule has 2 aromatic heterocycles. The van der Waals surface area contributed by atoms with E-state index >= 15 is 0 Å². The number of rotatable bonds is 6. The van der Waals surface area contributed by atoms with Crippen molar-refractivity contribution in [2.75, 3.05) is 13.7 Å². The summed E-state index contributed by atoms with van der Waals surface area (Å²) in [6.07, 6.45) is 8.77. The number of hydrogen-bond acceptors (Lipinski definition) is 5. The summed E-state index contributed by atoms with van der Waals surface area (Å²) < 4.78 is 11.9. The summed E-state index contributed by atoms with van der Waals surface area (Å²) in [5.74, 6) is 0.833. The molecule has 1 aliphatic heterocycles. The molecule has 0 saturated carbocycles. The molecule has 0 unspecified atom stereocenters. The highest BCUT2D eigenvalue weighted by Gasteiger charge is 2.33. The van der Waals surface area contributed by atoms with Crippen molar-refractivity contribution >= 4 is 11.0 Å². The first-order chi connectivity index (χ1) is 15.3. The third kappa shape index (κ3) is 3.71. The van der Waals surface area contributed by atoms with Crippen LogP contribution in [0.1, 0.15) is 30.4 Å². The van der Waals surface area contributed by atoms with Gasteiger partial charge in [0.25, 0.3) is 0 Å². The van der Waals surface area contributed by atoms with Gasteiger partial charge in [-0.2, -0.15) is 0 Å². The molecule has 5 rings (SSSR count). The highest BCUT2D eigenvalue weighted by atomic mass is 16.5. The molecule has 1 atom stereocenters. The van der Waals surface area contributed by atoms with E-state index < -0.39 is 0 Å². The third-order valence-electron chi connectivity index (χ3n) is 6.22. The van der Waals surface area contributed by atoms with Crippen LogP contribution in [0.3, 0.4) is 0 Å². The Hall–Kier alpha value is -3.15. The van der Waals surface area contributed by atoms with Crippen LogP contribution in [0.2, 0.25) is 0 Å². The lowest BCUT2D eigenvalue weighted by Crippen LogP contribution is -2.56. The Balaban J connectivity index is 1.57. The number of benzene rings is 2. The number of fused-ring (bicyclic) bond motifs is 1. The minimum Gasteiger partial charge on any atom is -0.496 e. The number of furan rings is 1. The first kappa shape index (κ1) is 19.8. The molecule has 0 bridgehead atoms. The van der Waals surface area contributed by atoms with E-state index in [4.69, 9.17) is 9.15 Å². The number of aromatic nitrogens is 1. The topological polar surface area (TPSA) is 59.3 Å². The van der Waals surface area contributed by atoms with Gasteiger partial charge in [-0.15, -0.1) is 0 Å². The van der Waals surface area contributed by atoms with Gasteiger partial charge in [0.2, 0.25) is 0 Å². The number of ether oxygens (including phenoxy) is 1. The summed E-state index contributed by atoms with van der Waals surface area (Å²) in [7, 11) is 1.73. The number of hydrogen-bond donors (Lipinski definition) is 2. The maximum atomic E-state index is 5.95. The predicted octanol–water partition coefficient (Wildman–Crippen LogP) is 5.22. The van der Waals surface area contributed by atoms with Crippen molar-refractivity contribution in [3.63, 3.8) is 0 Å². The summed E-state index contributed by atoms with van der Waals surface area (Å²) in [6.45, 7) is 1.61. The zero-order valence-electron chi connectivity index (χ0n) is 17.7. The predicted molar refractivity (Wildman–Crippen MR) is 123 cm³/mol. The largest absolute Gasteiger partial charge is 0.496 e. The minimum atomic E-state index is -0.268. The molecule has 0 amide bonds. The Bertz CT molecular complexity index is 1150. The monoisotopic (exact) mass is 413 g/mol. The Morgan fingerprint density at radius 3 is 2.68 bits per heavy atom. The molecule has 4 aromatic rings. The van der Waals surface area contributed by atoms with Gasteiger partial charge in [0.1, 0.15) is 11.3 Å². The van der Waals surface area contributed by atoms with Gasteiger partial charge in [-0.1, -0.05) is 30.3 Å². The van der Waals surface area contributed by atoms with E-state index in [-0.39, 0.29) is 5.66 Å². The second kappa shape index (κ2) is 8.53. The average Bonchev–Trinajstić information content (AvgIpc) is 3.32. The van der Waals surface area contributed by atoms with Gasteiger partial charge in [0.15, 0.2) is 0 Å². The maximum absolute atomic E-state index is 5.95. The summed E-state index contributed by atoms with van der Waals surface area (Å²) in [5, 5.41) is 8.66. The molecule has 1 aliphatic rings. The molecule has 0 spiro atoms. The molecule has 0 radical (unpaired) electrons. The van der Waals surface area contributed by atoms with Crippen LogP contribution in [-0.2, 0) is 12.2 Å². The van der Waals surface area contributed by atoms with Gasteiger partial charge in [-0.05, 0) is 61.2 Å². The minimum absolute atomic E-state index is 0.268. The molecule has 3 heterocycles. The third-order valence-corrected chi connectivity index (χ3v) is 6.22. The quantitative estimate of drug-likeness (QED) is 0.454. The van der Waals surface area contributed by atoms with Crippen molar-refractivity contribution in [3.05, 3.63) is 84.4 Å². The SMILES string of the molecule is COc1c(-c2ccncc2)cc2ccoc2c1CN[C@]1(c2ccccc2)CCCCN1. The van der Waals surface area contributed by atoms with Crippen molar-refractivity contribution in [1.82, 2.24) is 15.6 Å². The van der Waals surface area contributed by atoms with Crippen LogP contribution in [-0.4, -0.2) is 18.6 Å². The average molecular weight is 414 g/mol. The molecule has 5 nitrogen and oxygen atoms in total. The molecule has 2 N–H and O–H groups in total. The molecule has 2 aromatic carbocycles. The van der Waals surface area contributed by atoms with E-state index in [9.17, 15) is 0 Å². The van der Waals surface area contributed by atoms with Crippen molar-refractivity contribution in [1.29, 1.82) is 0 Å². The molecule has 158 valence electrons. The molecular weight excluding hydrogens is 386 g/mol. The van der Waals surface area contributed by atoms with Crippen LogP contribution in [0, 0.1) is 0 Å². The number of piperidine rings is 1. The van der Waals surface area contributed by atoms with Crippen molar-refractivity contribution in [2.45, 2.75) is 31.5 Å². The van der Waals surface area contributed by atoms with Crippen LogP contribution in [0.25, 0.3) is 22.1 Å². The second-order valence-electron chi connectivity index (χ2n) is 8.02. The fourth-order valence-corrected chi connectivity index (χ4v) is 4.67. The van der Waals surface area contributed by atoms with Gasteiger partial charge in [0.05, 0.1) is 24.6 Å². The van der Waals surface area contributed by atoms with Crippen LogP contribution in [0.4, 0.5) is 0 Å². The van der Waals surface area contributed by atoms with E-state index in [1.54, 1.807) is 13.4 Å². The lowest BCUT2D eigenvalue weighted by molar-refractivity contribution is 0.198. The Morgan fingerprint density at radius 1 is 1.10 bits per heavy atom. The highest BCUT2D eigenvalue weighted by molar-refractivity contribution is 5.90. The lowest BCUT2D eigenvalue weighted by atomic mass is 9.89. The number of pyridine rings is 1. The molecule has 1 saturated heterocycles. The molecular formula is C26H27N3O2. The van der Waals surface area contributed by atoms with Crippen LogP contribution in [0.15, 0.2) is 77.7 Å². The van der Waals surface area contributed by atoms with E-state index in [0.717, 1.165) is 46.4 Å². The molecule has 5 heteroatoms. The van der Waals surface area contributed by atoms with Crippen LogP contribution < -0.4 is 15.4 Å². The van der Waals surface area contributed by atoms with E-state index in [1.807, 2.05) is 30.6 Å². The maximum Gasteiger partial charge on any atom is 0.142 e. The van der Waals surface area contributed by atoms with Gasteiger partial charge < -0.3 is 9.15 Å².